The Morgan fingerprint density at radius 1 is 0.839 bits per heavy atom. The molecule has 6 nitrogen and oxygen atoms in total. The molecule has 1 aromatic heterocycles. The van der Waals surface area contributed by atoms with Crippen molar-refractivity contribution < 1.29 is 17.6 Å². The molecule has 0 radical (unpaired) electrons. The van der Waals surface area contributed by atoms with Gasteiger partial charge in [0.2, 0.25) is 0 Å². The van der Waals surface area contributed by atoms with Crippen LogP contribution >= 0.6 is 0 Å². The molecule has 0 aliphatic heterocycles. The average molecular weight is 433 g/mol. The number of para-hydroxylation sites is 1. The Balaban J connectivity index is 1.56. The third-order valence-electron chi connectivity index (χ3n) is 4.67. The normalized spacial score (nSPS) is 11.1. The molecular weight excluding hydrogens is 412 g/mol. The van der Waals surface area contributed by atoms with Crippen LogP contribution in [0.2, 0.25) is 0 Å². The van der Waals surface area contributed by atoms with Crippen molar-refractivity contribution in [1.29, 1.82) is 0 Å². The maximum absolute atomic E-state index is 13.0. The van der Waals surface area contributed by atoms with Crippen molar-refractivity contribution in [3.63, 3.8) is 0 Å². The highest BCUT2D eigenvalue weighted by molar-refractivity contribution is 7.92. The lowest BCUT2D eigenvalue weighted by atomic mass is 10.0. The molecule has 0 spiro atoms. The summed E-state index contributed by atoms with van der Waals surface area (Å²) < 4.78 is 33.9. The van der Waals surface area contributed by atoms with E-state index in [9.17, 15) is 13.2 Å². The van der Waals surface area contributed by atoms with Gasteiger partial charge in [-0.3, -0.25) is 9.52 Å². The second-order valence-corrected chi connectivity index (χ2v) is 8.49. The van der Waals surface area contributed by atoms with Gasteiger partial charge in [-0.1, -0.05) is 54.6 Å². The van der Waals surface area contributed by atoms with E-state index < -0.39 is 15.9 Å². The standard InChI is InChI=1S/C24H20N2O4S/c27-24(25-17-20-11-7-15-30-20)19-10-6-12-21(16-19)31(28,29)26-23-14-5-4-13-22(23)18-8-2-1-3-9-18/h1-16,26H,17H2,(H,25,27). The number of carbonyl (C=O) groups excluding carboxylic acids is 1. The van der Waals surface area contributed by atoms with Crippen molar-refractivity contribution in [3.8, 4) is 11.1 Å². The predicted octanol–water partition coefficient (Wildman–Crippen LogP) is 4.68. The van der Waals surface area contributed by atoms with Crippen LogP contribution in [0.5, 0.6) is 0 Å². The fraction of sp³-hybridized carbons (Fsp3) is 0.0417. The van der Waals surface area contributed by atoms with Crippen LogP contribution < -0.4 is 10.0 Å². The van der Waals surface area contributed by atoms with Crippen LogP contribution in [-0.2, 0) is 16.6 Å². The van der Waals surface area contributed by atoms with Crippen molar-refractivity contribution in [2.24, 2.45) is 0 Å². The minimum absolute atomic E-state index is 0.000938. The molecular formula is C24H20N2O4S. The number of benzene rings is 3. The van der Waals surface area contributed by atoms with Crippen LogP contribution in [0, 0.1) is 0 Å². The maximum Gasteiger partial charge on any atom is 0.261 e. The van der Waals surface area contributed by atoms with E-state index in [-0.39, 0.29) is 17.0 Å². The molecule has 4 aromatic rings. The predicted molar refractivity (Wildman–Crippen MR) is 119 cm³/mol. The lowest BCUT2D eigenvalue weighted by Gasteiger charge is -2.13. The first-order valence-electron chi connectivity index (χ1n) is 9.61. The van der Waals surface area contributed by atoms with Gasteiger partial charge in [0, 0.05) is 11.1 Å². The van der Waals surface area contributed by atoms with Crippen molar-refractivity contribution >= 4 is 21.6 Å². The average Bonchev–Trinajstić information content (AvgIpc) is 3.32. The van der Waals surface area contributed by atoms with Crippen molar-refractivity contribution in [3.05, 3.63) is 109 Å². The molecule has 156 valence electrons. The first kappa shape index (κ1) is 20.4. The zero-order chi connectivity index (χ0) is 21.7. The number of anilines is 1. The van der Waals surface area contributed by atoms with Gasteiger partial charge in [0.1, 0.15) is 5.76 Å². The number of carbonyl (C=O) groups is 1. The molecule has 0 fully saturated rings. The highest BCUT2D eigenvalue weighted by Crippen LogP contribution is 2.29. The molecule has 7 heteroatoms. The first-order valence-corrected chi connectivity index (χ1v) is 11.1. The molecule has 31 heavy (non-hydrogen) atoms. The zero-order valence-electron chi connectivity index (χ0n) is 16.5. The topological polar surface area (TPSA) is 88.4 Å². The van der Waals surface area contributed by atoms with Gasteiger partial charge in [0.05, 0.1) is 23.4 Å². The Labute approximate surface area is 180 Å². The van der Waals surface area contributed by atoms with Gasteiger partial charge >= 0.3 is 0 Å². The lowest BCUT2D eigenvalue weighted by molar-refractivity contribution is 0.0948. The van der Waals surface area contributed by atoms with Gasteiger partial charge in [0.25, 0.3) is 15.9 Å². The van der Waals surface area contributed by atoms with E-state index in [2.05, 4.69) is 10.0 Å². The highest BCUT2D eigenvalue weighted by atomic mass is 32.2. The molecule has 0 atom stereocenters. The smallest absolute Gasteiger partial charge is 0.261 e. The molecule has 0 aliphatic carbocycles. The number of sulfonamides is 1. The number of hydrogen-bond donors (Lipinski definition) is 2. The van der Waals surface area contributed by atoms with E-state index in [0.29, 0.717) is 11.4 Å². The summed E-state index contributed by atoms with van der Waals surface area (Å²) in [7, 11) is -3.91. The van der Waals surface area contributed by atoms with E-state index in [0.717, 1.165) is 11.1 Å². The van der Waals surface area contributed by atoms with E-state index in [1.54, 1.807) is 36.4 Å². The molecule has 0 bridgehead atoms. The molecule has 0 saturated heterocycles. The summed E-state index contributed by atoms with van der Waals surface area (Å²) in [6.07, 6.45) is 1.52. The summed E-state index contributed by atoms with van der Waals surface area (Å²) in [5, 5.41) is 2.71. The molecule has 1 heterocycles. The van der Waals surface area contributed by atoms with Crippen LogP contribution in [0.4, 0.5) is 5.69 Å². The minimum Gasteiger partial charge on any atom is -0.467 e. The molecule has 2 N–H and O–H groups in total. The van der Waals surface area contributed by atoms with Crippen LogP contribution in [-0.4, -0.2) is 14.3 Å². The molecule has 0 unspecified atom stereocenters. The van der Waals surface area contributed by atoms with E-state index in [1.807, 2.05) is 42.5 Å². The van der Waals surface area contributed by atoms with Gasteiger partial charge in [-0.15, -0.1) is 0 Å². The van der Waals surface area contributed by atoms with E-state index in [1.165, 1.54) is 18.4 Å². The van der Waals surface area contributed by atoms with Crippen LogP contribution in [0.15, 0.2) is 107 Å². The van der Waals surface area contributed by atoms with Crippen LogP contribution in [0.25, 0.3) is 11.1 Å². The number of rotatable bonds is 7. The summed E-state index contributed by atoms with van der Waals surface area (Å²) in [6.45, 7) is 0.214. The van der Waals surface area contributed by atoms with Gasteiger partial charge in [0.15, 0.2) is 0 Å². The number of nitrogens with one attached hydrogen (secondary N) is 2. The SMILES string of the molecule is O=C(NCc1ccco1)c1cccc(S(=O)(=O)Nc2ccccc2-c2ccccc2)c1. The highest BCUT2D eigenvalue weighted by Gasteiger charge is 2.18. The largest absolute Gasteiger partial charge is 0.467 e. The summed E-state index contributed by atoms with van der Waals surface area (Å²) in [5.41, 5.74) is 2.36. The number of hydrogen-bond acceptors (Lipinski definition) is 4. The number of furan rings is 1. The van der Waals surface area contributed by atoms with Gasteiger partial charge in [-0.05, 0) is 42.0 Å². The van der Waals surface area contributed by atoms with Crippen molar-refractivity contribution in [2.45, 2.75) is 11.4 Å². The van der Waals surface area contributed by atoms with Gasteiger partial charge in [-0.25, -0.2) is 8.42 Å². The minimum atomic E-state index is -3.91. The second-order valence-electron chi connectivity index (χ2n) is 6.81. The van der Waals surface area contributed by atoms with Crippen molar-refractivity contribution in [1.82, 2.24) is 5.32 Å². The fourth-order valence-electron chi connectivity index (χ4n) is 3.13. The molecule has 1 amide bonds. The van der Waals surface area contributed by atoms with Crippen LogP contribution in [0.3, 0.4) is 0 Å². The van der Waals surface area contributed by atoms with Crippen molar-refractivity contribution in [2.75, 3.05) is 4.72 Å². The Morgan fingerprint density at radius 3 is 2.39 bits per heavy atom. The van der Waals surface area contributed by atoms with Gasteiger partial charge in [-0.2, -0.15) is 0 Å². The molecule has 4 rings (SSSR count). The van der Waals surface area contributed by atoms with E-state index in [4.69, 9.17) is 4.42 Å². The van der Waals surface area contributed by atoms with Gasteiger partial charge < -0.3 is 9.73 Å². The fourth-order valence-corrected chi connectivity index (χ4v) is 4.26. The Hall–Kier alpha value is -3.84. The maximum atomic E-state index is 13.0. The third-order valence-corrected chi connectivity index (χ3v) is 6.03. The molecule has 3 aromatic carbocycles. The third kappa shape index (κ3) is 4.84. The summed E-state index contributed by atoms with van der Waals surface area (Å²) in [4.78, 5) is 12.4. The Kier molecular flexibility index (Phi) is 5.86. The Morgan fingerprint density at radius 2 is 1.61 bits per heavy atom. The number of amides is 1. The second kappa shape index (κ2) is 8.89. The summed E-state index contributed by atoms with van der Waals surface area (Å²) in [5.74, 6) is 0.217. The summed E-state index contributed by atoms with van der Waals surface area (Å²) in [6, 6.07) is 26.1. The molecule has 0 saturated carbocycles. The zero-order valence-corrected chi connectivity index (χ0v) is 17.3. The first-order chi connectivity index (χ1) is 15.0. The van der Waals surface area contributed by atoms with E-state index >= 15 is 0 Å². The quantitative estimate of drug-likeness (QED) is 0.444. The lowest BCUT2D eigenvalue weighted by Crippen LogP contribution is -2.23. The van der Waals surface area contributed by atoms with Crippen LogP contribution in [0.1, 0.15) is 16.1 Å². The monoisotopic (exact) mass is 432 g/mol. The summed E-state index contributed by atoms with van der Waals surface area (Å²) >= 11 is 0. The molecule has 0 aliphatic rings. The Bertz CT molecular complexity index is 1280.